The zero-order valence-corrected chi connectivity index (χ0v) is 8.51. The van der Waals surface area contributed by atoms with Crippen molar-refractivity contribution < 1.29 is 0 Å². The van der Waals surface area contributed by atoms with Gasteiger partial charge < -0.3 is 5.32 Å². The third kappa shape index (κ3) is 1.81. The van der Waals surface area contributed by atoms with Crippen molar-refractivity contribution in [1.82, 2.24) is 5.32 Å². The Morgan fingerprint density at radius 2 is 2.00 bits per heavy atom. The fraction of sp³-hybridized carbons (Fsp3) is 0.385. The zero-order chi connectivity index (χ0) is 10.0. The second kappa shape index (κ2) is 3.48. The maximum absolute atomic E-state index is 5.30. The van der Waals surface area contributed by atoms with Crippen LogP contribution in [0.5, 0.6) is 0 Å². The van der Waals surface area contributed by atoms with Crippen LogP contribution in [0.3, 0.4) is 0 Å². The highest BCUT2D eigenvalue weighted by Crippen LogP contribution is 2.37. The van der Waals surface area contributed by atoms with Gasteiger partial charge in [0, 0.05) is 11.1 Å². The van der Waals surface area contributed by atoms with Gasteiger partial charge in [-0.25, -0.2) is 0 Å². The quantitative estimate of drug-likeness (QED) is 0.710. The van der Waals surface area contributed by atoms with Gasteiger partial charge in [-0.15, -0.1) is 6.42 Å². The predicted octanol–water partition coefficient (Wildman–Crippen LogP) is 1.96. The van der Waals surface area contributed by atoms with Crippen LogP contribution in [0.4, 0.5) is 0 Å². The molecule has 1 aliphatic carbocycles. The van der Waals surface area contributed by atoms with Gasteiger partial charge in [-0.1, -0.05) is 18.1 Å². The van der Waals surface area contributed by atoms with Gasteiger partial charge in [0.05, 0.1) is 0 Å². The Hall–Kier alpha value is -1.26. The highest BCUT2D eigenvalue weighted by molar-refractivity contribution is 5.35. The summed E-state index contributed by atoms with van der Waals surface area (Å²) >= 11 is 0. The molecular weight excluding hydrogens is 170 g/mol. The van der Waals surface area contributed by atoms with Crippen molar-refractivity contribution in [2.24, 2.45) is 0 Å². The van der Waals surface area contributed by atoms with E-state index < -0.39 is 0 Å². The summed E-state index contributed by atoms with van der Waals surface area (Å²) in [7, 11) is 2.04. The third-order valence-electron chi connectivity index (χ3n) is 3.05. The van der Waals surface area contributed by atoms with Crippen LogP contribution in [0.2, 0.25) is 0 Å². The molecule has 1 aromatic rings. The molecule has 1 nitrogen and oxygen atoms in total. The van der Waals surface area contributed by atoms with Crippen molar-refractivity contribution in [3.05, 3.63) is 35.4 Å². The van der Waals surface area contributed by atoms with Crippen LogP contribution >= 0.6 is 0 Å². The SMILES string of the molecule is C#Cc1ccc(CC2(NC)CC2)cc1. The molecule has 0 amide bonds. The average Bonchev–Trinajstić information content (AvgIpc) is 3.00. The minimum Gasteiger partial charge on any atom is -0.314 e. The topological polar surface area (TPSA) is 12.0 Å². The first-order valence-electron chi connectivity index (χ1n) is 5.02. The van der Waals surface area contributed by atoms with Gasteiger partial charge in [0.1, 0.15) is 0 Å². The van der Waals surface area contributed by atoms with Crippen LogP contribution in [0.1, 0.15) is 24.0 Å². The maximum Gasteiger partial charge on any atom is 0.0242 e. The largest absolute Gasteiger partial charge is 0.314 e. The van der Waals surface area contributed by atoms with E-state index in [1.807, 2.05) is 19.2 Å². The van der Waals surface area contributed by atoms with E-state index in [-0.39, 0.29) is 0 Å². The molecule has 0 bridgehead atoms. The molecule has 14 heavy (non-hydrogen) atoms. The molecule has 1 saturated carbocycles. The zero-order valence-electron chi connectivity index (χ0n) is 8.51. The van der Waals surface area contributed by atoms with Crippen LogP contribution in [0.25, 0.3) is 0 Å². The van der Waals surface area contributed by atoms with E-state index in [1.165, 1.54) is 18.4 Å². The molecule has 72 valence electrons. The Morgan fingerprint density at radius 1 is 1.36 bits per heavy atom. The lowest BCUT2D eigenvalue weighted by atomic mass is 10.0. The lowest BCUT2D eigenvalue weighted by molar-refractivity contribution is 0.549. The summed E-state index contributed by atoms with van der Waals surface area (Å²) in [5.41, 5.74) is 2.72. The first-order chi connectivity index (χ1) is 6.78. The molecule has 1 fully saturated rings. The molecular formula is C13H15N. The number of hydrogen-bond donors (Lipinski definition) is 1. The van der Waals surface area contributed by atoms with Crippen LogP contribution in [-0.2, 0) is 6.42 Å². The normalized spacial score (nSPS) is 17.4. The van der Waals surface area contributed by atoms with Gasteiger partial charge in [-0.2, -0.15) is 0 Å². The maximum atomic E-state index is 5.30. The van der Waals surface area contributed by atoms with E-state index in [0.717, 1.165) is 12.0 Å². The number of terminal acetylenes is 1. The molecule has 0 heterocycles. The number of hydrogen-bond acceptors (Lipinski definition) is 1. The van der Waals surface area contributed by atoms with Gasteiger partial charge >= 0.3 is 0 Å². The summed E-state index contributed by atoms with van der Waals surface area (Å²) in [5.74, 6) is 2.63. The molecule has 1 aromatic carbocycles. The minimum atomic E-state index is 0.387. The Kier molecular flexibility index (Phi) is 2.31. The van der Waals surface area contributed by atoms with Gasteiger partial charge in [0.25, 0.3) is 0 Å². The highest BCUT2D eigenvalue weighted by Gasteiger charge is 2.40. The van der Waals surface area contributed by atoms with E-state index in [2.05, 4.69) is 23.4 Å². The summed E-state index contributed by atoms with van der Waals surface area (Å²) < 4.78 is 0. The predicted molar refractivity (Wildman–Crippen MR) is 59.1 cm³/mol. The number of nitrogens with one attached hydrogen (secondary N) is 1. The standard InChI is InChI=1S/C13H15N/c1-3-11-4-6-12(7-5-11)10-13(14-2)8-9-13/h1,4-7,14H,8-10H2,2H3. The molecule has 0 spiro atoms. The van der Waals surface area contributed by atoms with Crippen molar-refractivity contribution in [1.29, 1.82) is 0 Å². The van der Waals surface area contributed by atoms with Crippen LogP contribution in [0, 0.1) is 12.3 Å². The molecule has 0 aliphatic heterocycles. The van der Waals surface area contributed by atoms with Gasteiger partial charge in [-0.05, 0) is 44.0 Å². The monoisotopic (exact) mass is 185 g/mol. The van der Waals surface area contributed by atoms with E-state index in [4.69, 9.17) is 6.42 Å². The van der Waals surface area contributed by atoms with Gasteiger partial charge in [-0.3, -0.25) is 0 Å². The van der Waals surface area contributed by atoms with E-state index in [1.54, 1.807) is 0 Å². The summed E-state index contributed by atoms with van der Waals surface area (Å²) in [6.07, 6.45) is 9.01. The summed E-state index contributed by atoms with van der Waals surface area (Å²) in [4.78, 5) is 0. The first kappa shape index (κ1) is 9.30. The second-order valence-electron chi connectivity index (χ2n) is 4.05. The molecule has 1 N–H and O–H groups in total. The molecule has 0 atom stereocenters. The Morgan fingerprint density at radius 3 is 2.43 bits per heavy atom. The fourth-order valence-corrected chi connectivity index (χ4v) is 1.78. The summed E-state index contributed by atoms with van der Waals surface area (Å²) in [6, 6.07) is 8.29. The smallest absolute Gasteiger partial charge is 0.0242 e. The third-order valence-corrected chi connectivity index (χ3v) is 3.05. The van der Waals surface area contributed by atoms with Crippen molar-refractivity contribution in [3.63, 3.8) is 0 Å². The minimum absolute atomic E-state index is 0.387. The van der Waals surface area contributed by atoms with Gasteiger partial charge in [0.15, 0.2) is 0 Å². The Balaban J connectivity index is 2.08. The lowest BCUT2D eigenvalue weighted by Gasteiger charge is -2.13. The van der Waals surface area contributed by atoms with E-state index in [0.29, 0.717) is 5.54 Å². The molecule has 0 unspecified atom stereocenters. The number of likely N-dealkylation sites (N-methyl/N-ethyl adjacent to an activating group) is 1. The van der Waals surface area contributed by atoms with Crippen molar-refractivity contribution in [3.8, 4) is 12.3 Å². The molecule has 1 heteroatoms. The Bertz CT molecular complexity index is 352. The molecule has 1 aliphatic rings. The molecule has 0 radical (unpaired) electrons. The lowest BCUT2D eigenvalue weighted by Crippen LogP contribution is -2.29. The summed E-state index contributed by atoms with van der Waals surface area (Å²) in [6.45, 7) is 0. The molecule has 0 aromatic heterocycles. The Labute approximate surface area is 85.5 Å². The highest BCUT2D eigenvalue weighted by atomic mass is 15.0. The fourth-order valence-electron chi connectivity index (χ4n) is 1.78. The average molecular weight is 185 g/mol. The first-order valence-corrected chi connectivity index (χ1v) is 5.02. The van der Waals surface area contributed by atoms with Crippen molar-refractivity contribution >= 4 is 0 Å². The number of benzene rings is 1. The van der Waals surface area contributed by atoms with Crippen molar-refractivity contribution in [2.45, 2.75) is 24.8 Å². The van der Waals surface area contributed by atoms with Crippen molar-refractivity contribution in [2.75, 3.05) is 7.05 Å². The van der Waals surface area contributed by atoms with E-state index in [9.17, 15) is 0 Å². The second-order valence-corrected chi connectivity index (χ2v) is 4.05. The summed E-state index contributed by atoms with van der Waals surface area (Å²) in [5, 5.41) is 3.39. The van der Waals surface area contributed by atoms with Crippen LogP contribution in [-0.4, -0.2) is 12.6 Å². The number of rotatable bonds is 3. The molecule has 0 saturated heterocycles. The van der Waals surface area contributed by atoms with Crippen LogP contribution < -0.4 is 5.32 Å². The van der Waals surface area contributed by atoms with E-state index >= 15 is 0 Å². The molecule has 2 rings (SSSR count). The van der Waals surface area contributed by atoms with Crippen LogP contribution in [0.15, 0.2) is 24.3 Å². The van der Waals surface area contributed by atoms with Gasteiger partial charge in [0.2, 0.25) is 0 Å².